The molecule has 1 amide bonds. The van der Waals surface area contributed by atoms with Crippen LogP contribution in [0.25, 0.3) is 10.2 Å². The second-order valence-corrected chi connectivity index (χ2v) is 8.85. The molecule has 0 fully saturated rings. The van der Waals surface area contributed by atoms with Gasteiger partial charge in [-0.15, -0.1) is 24.2 Å². The van der Waals surface area contributed by atoms with Crippen molar-refractivity contribution in [2.24, 2.45) is 0 Å². The minimum Gasteiger partial charge on any atom is -0.337 e. The number of thioether (sulfide) groups is 1. The van der Waals surface area contributed by atoms with Gasteiger partial charge in [-0.1, -0.05) is 36.5 Å². The molecule has 0 saturated carbocycles. The first-order chi connectivity index (χ1) is 14.7. The fraction of sp³-hybridized carbons (Fsp3) is 0.261. The maximum atomic E-state index is 13.5. The van der Waals surface area contributed by atoms with E-state index in [9.17, 15) is 4.79 Å². The summed E-state index contributed by atoms with van der Waals surface area (Å²) in [6.45, 7) is 3.54. The molecule has 4 rings (SSSR count). The topological polar surface area (TPSA) is 51.0 Å². The number of thiazole rings is 1. The summed E-state index contributed by atoms with van der Waals surface area (Å²) in [5.74, 6) is -0.00589. The molecule has 4 aromatic rings. The highest BCUT2D eigenvalue weighted by Crippen LogP contribution is 2.32. The Morgan fingerprint density at radius 2 is 2.06 bits per heavy atom. The fourth-order valence-corrected chi connectivity index (χ4v) is 4.92. The smallest absolute Gasteiger partial charge is 0.260 e. The van der Waals surface area contributed by atoms with Crippen LogP contribution in [0.5, 0.6) is 0 Å². The van der Waals surface area contributed by atoms with E-state index in [0.717, 1.165) is 39.6 Å². The van der Waals surface area contributed by atoms with Gasteiger partial charge in [0, 0.05) is 35.9 Å². The molecule has 2 aromatic heterocycles. The van der Waals surface area contributed by atoms with Crippen LogP contribution in [0.15, 0.2) is 66.1 Å². The van der Waals surface area contributed by atoms with Crippen LogP contribution in [0.4, 0.5) is 5.13 Å². The summed E-state index contributed by atoms with van der Waals surface area (Å²) in [4.78, 5) is 25.4. The van der Waals surface area contributed by atoms with Gasteiger partial charge in [-0.2, -0.15) is 0 Å². The molecule has 5 nitrogen and oxygen atoms in total. The van der Waals surface area contributed by atoms with E-state index in [-0.39, 0.29) is 18.3 Å². The maximum Gasteiger partial charge on any atom is 0.260 e. The minimum atomic E-state index is -0.00589. The molecule has 0 aliphatic rings. The Labute approximate surface area is 196 Å². The Kier molecular flexibility index (Phi) is 8.12. The zero-order chi connectivity index (χ0) is 20.9. The molecule has 0 saturated heterocycles. The van der Waals surface area contributed by atoms with Gasteiger partial charge in [-0.3, -0.25) is 9.69 Å². The Morgan fingerprint density at radius 1 is 1.23 bits per heavy atom. The molecule has 2 heterocycles. The predicted molar refractivity (Wildman–Crippen MR) is 133 cm³/mol. The molecular formula is C23H25ClN4OS2. The number of nitrogens with zero attached hydrogens (tertiary/aromatic N) is 4. The number of hydrogen-bond donors (Lipinski definition) is 0. The zero-order valence-electron chi connectivity index (χ0n) is 17.5. The van der Waals surface area contributed by atoms with E-state index in [1.807, 2.05) is 46.2 Å². The summed E-state index contributed by atoms with van der Waals surface area (Å²) in [7, 11) is 0. The van der Waals surface area contributed by atoms with Gasteiger partial charge in [0.15, 0.2) is 5.13 Å². The standard InChI is InChI=1S/C23H24N4OS2.ClH/c1-3-17-7-5-10-20-21(17)25-23(30-20)27(13-6-12-26-14-11-24-16-26)22(28)18-8-4-9-19(15-18)29-2;/h4-5,7-11,14-16H,3,6,12-13H2,1-2H3;1H. The summed E-state index contributed by atoms with van der Waals surface area (Å²) >= 11 is 3.22. The number of benzene rings is 2. The minimum absolute atomic E-state index is 0. The lowest BCUT2D eigenvalue weighted by Crippen LogP contribution is -2.32. The van der Waals surface area contributed by atoms with E-state index >= 15 is 0 Å². The highest BCUT2D eigenvalue weighted by molar-refractivity contribution is 7.98. The van der Waals surface area contributed by atoms with Gasteiger partial charge in [0.25, 0.3) is 5.91 Å². The van der Waals surface area contributed by atoms with Gasteiger partial charge in [0.05, 0.1) is 16.5 Å². The third-order valence-corrected chi connectivity index (χ3v) is 6.79. The van der Waals surface area contributed by atoms with Crippen LogP contribution in [0.2, 0.25) is 0 Å². The first kappa shape index (κ1) is 23.3. The number of rotatable bonds is 8. The highest BCUT2D eigenvalue weighted by atomic mass is 35.5. The number of fused-ring (bicyclic) bond motifs is 1. The highest BCUT2D eigenvalue weighted by Gasteiger charge is 2.22. The normalized spacial score (nSPS) is 10.8. The van der Waals surface area contributed by atoms with Crippen LogP contribution < -0.4 is 4.90 Å². The molecule has 2 aromatic carbocycles. The lowest BCUT2D eigenvalue weighted by molar-refractivity contribution is 0.0986. The number of halogens is 1. The van der Waals surface area contributed by atoms with Gasteiger partial charge < -0.3 is 4.57 Å². The molecule has 0 spiro atoms. The molecular weight excluding hydrogens is 448 g/mol. The Hall–Kier alpha value is -2.35. The molecule has 0 bridgehead atoms. The van der Waals surface area contributed by atoms with E-state index in [2.05, 4.69) is 30.1 Å². The lowest BCUT2D eigenvalue weighted by Gasteiger charge is -2.20. The molecule has 162 valence electrons. The van der Waals surface area contributed by atoms with Crippen molar-refractivity contribution in [3.8, 4) is 0 Å². The number of aryl methyl sites for hydroxylation is 2. The average Bonchev–Trinajstić information content (AvgIpc) is 3.45. The summed E-state index contributed by atoms with van der Waals surface area (Å²) < 4.78 is 3.15. The van der Waals surface area contributed by atoms with Crippen LogP contribution >= 0.6 is 35.5 Å². The number of carbonyl (C=O) groups excluding carboxylic acids is 1. The van der Waals surface area contributed by atoms with Crippen LogP contribution in [-0.4, -0.2) is 33.2 Å². The summed E-state index contributed by atoms with van der Waals surface area (Å²) in [5.41, 5.74) is 2.91. The molecule has 0 unspecified atom stereocenters. The average molecular weight is 473 g/mol. The van der Waals surface area contributed by atoms with Crippen molar-refractivity contribution < 1.29 is 4.79 Å². The number of hydrogen-bond acceptors (Lipinski definition) is 5. The molecule has 8 heteroatoms. The number of amides is 1. The number of aromatic nitrogens is 3. The van der Waals surface area contributed by atoms with E-state index in [0.29, 0.717) is 12.1 Å². The second kappa shape index (κ2) is 10.8. The predicted octanol–water partition coefficient (Wildman–Crippen LogP) is 5.94. The van der Waals surface area contributed by atoms with Crippen molar-refractivity contribution in [2.75, 3.05) is 17.7 Å². The van der Waals surface area contributed by atoms with Crippen molar-refractivity contribution in [1.29, 1.82) is 0 Å². The molecule has 0 aliphatic heterocycles. The Bertz CT molecular complexity index is 1140. The molecule has 0 radical (unpaired) electrons. The largest absolute Gasteiger partial charge is 0.337 e. The molecule has 31 heavy (non-hydrogen) atoms. The van der Waals surface area contributed by atoms with Crippen molar-refractivity contribution in [1.82, 2.24) is 14.5 Å². The number of imidazole rings is 1. The van der Waals surface area contributed by atoms with Crippen LogP contribution in [0.3, 0.4) is 0 Å². The third kappa shape index (κ3) is 5.29. The van der Waals surface area contributed by atoms with Gasteiger partial charge in [-0.05, 0) is 48.9 Å². The van der Waals surface area contributed by atoms with Crippen molar-refractivity contribution in [3.05, 3.63) is 72.3 Å². The van der Waals surface area contributed by atoms with Crippen molar-refractivity contribution in [2.45, 2.75) is 31.2 Å². The third-order valence-electron chi connectivity index (χ3n) is 5.02. The summed E-state index contributed by atoms with van der Waals surface area (Å²) in [5, 5.41) is 0.760. The van der Waals surface area contributed by atoms with E-state index in [4.69, 9.17) is 4.98 Å². The quantitative estimate of drug-likeness (QED) is 0.298. The van der Waals surface area contributed by atoms with Crippen molar-refractivity contribution in [3.63, 3.8) is 0 Å². The monoisotopic (exact) mass is 472 g/mol. The summed E-state index contributed by atoms with van der Waals surface area (Å²) in [6.07, 6.45) is 9.29. The Balaban J connectivity index is 0.00000272. The van der Waals surface area contributed by atoms with Crippen LogP contribution in [0, 0.1) is 0 Å². The molecule has 0 N–H and O–H groups in total. The van der Waals surface area contributed by atoms with Crippen LogP contribution in [0.1, 0.15) is 29.3 Å². The summed E-state index contributed by atoms with van der Waals surface area (Å²) in [6, 6.07) is 14.1. The Morgan fingerprint density at radius 3 is 2.81 bits per heavy atom. The first-order valence-corrected chi connectivity index (χ1v) is 12.0. The number of para-hydroxylation sites is 1. The van der Waals surface area contributed by atoms with Crippen molar-refractivity contribution >= 4 is 56.8 Å². The molecule has 0 aliphatic carbocycles. The second-order valence-electron chi connectivity index (χ2n) is 6.96. The van der Waals surface area contributed by atoms with Gasteiger partial charge >= 0.3 is 0 Å². The van der Waals surface area contributed by atoms with E-state index < -0.39 is 0 Å². The van der Waals surface area contributed by atoms with Gasteiger partial charge in [0.1, 0.15) is 0 Å². The van der Waals surface area contributed by atoms with E-state index in [1.54, 1.807) is 35.6 Å². The van der Waals surface area contributed by atoms with Gasteiger partial charge in [-0.25, -0.2) is 9.97 Å². The zero-order valence-corrected chi connectivity index (χ0v) is 20.0. The van der Waals surface area contributed by atoms with Gasteiger partial charge in [0.2, 0.25) is 0 Å². The number of anilines is 1. The van der Waals surface area contributed by atoms with Crippen LogP contribution in [-0.2, 0) is 13.0 Å². The molecule has 0 atom stereocenters. The van der Waals surface area contributed by atoms with E-state index in [1.165, 1.54) is 5.56 Å². The lowest BCUT2D eigenvalue weighted by atomic mass is 10.1. The SMILES string of the molecule is CCc1cccc2sc(N(CCCn3ccnc3)C(=O)c3cccc(SC)c3)nc12.Cl. The maximum absolute atomic E-state index is 13.5. The fourth-order valence-electron chi connectivity index (χ4n) is 3.42. The number of carbonyl (C=O) groups is 1. The first-order valence-electron chi connectivity index (χ1n) is 9.99.